The number of benzene rings is 2. The van der Waals surface area contributed by atoms with Crippen LogP contribution < -0.4 is 0 Å². The molecule has 0 bridgehead atoms. The van der Waals surface area contributed by atoms with E-state index < -0.39 is 0 Å². The van der Waals surface area contributed by atoms with Crippen molar-refractivity contribution < 1.29 is 0 Å². The van der Waals surface area contributed by atoms with Gasteiger partial charge in [-0.2, -0.15) is 0 Å². The van der Waals surface area contributed by atoms with Crippen LogP contribution in [-0.4, -0.2) is 3.78 Å². The fraction of sp³-hybridized carbons (Fsp3) is 0.200. The second kappa shape index (κ2) is 3.86. The lowest BCUT2D eigenvalue weighted by molar-refractivity contribution is 0.840. The van der Waals surface area contributed by atoms with Crippen LogP contribution in [0, 0.1) is 0 Å². The average molecular weight is 308 g/mol. The van der Waals surface area contributed by atoms with Crippen LogP contribution in [0.4, 0.5) is 0 Å². The van der Waals surface area contributed by atoms with Crippen LogP contribution in [0.3, 0.4) is 0 Å². The third-order valence-electron chi connectivity index (χ3n) is 3.52. The SMILES string of the molecule is ClC1(Br)CC1(c1ccccc1)c1ccccc1. The summed E-state index contributed by atoms with van der Waals surface area (Å²) in [7, 11) is 0. The van der Waals surface area contributed by atoms with Crippen LogP contribution in [0.1, 0.15) is 17.5 Å². The summed E-state index contributed by atoms with van der Waals surface area (Å²) in [6.07, 6.45) is 0.926. The predicted molar refractivity (Wildman–Crippen MR) is 75.8 cm³/mol. The summed E-state index contributed by atoms with van der Waals surface area (Å²) in [5.41, 5.74) is 2.47. The summed E-state index contributed by atoms with van der Waals surface area (Å²) in [4.78, 5) is 0. The summed E-state index contributed by atoms with van der Waals surface area (Å²) in [6, 6.07) is 20.9. The van der Waals surface area contributed by atoms with E-state index in [0.29, 0.717) is 0 Å². The first-order valence-electron chi connectivity index (χ1n) is 5.66. The Hall–Kier alpha value is -0.790. The van der Waals surface area contributed by atoms with Crippen LogP contribution in [-0.2, 0) is 5.41 Å². The van der Waals surface area contributed by atoms with Crippen molar-refractivity contribution in [2.75, 3.05) is 0 Å². The fourth-order valence-electron chi connectivity index (χ4n) is 2.53. The zero-order valence-electron chi connectivity index (χ0n) is 9.24. The van der Waals surface area contributed by atoms with Gasteiger partial charge in [0.15, 0.2) is 0 Å². The standard InChI is InChI=1S/C15H12BrCl/c16-15(17)11-14(15,12-7-3-1-4-8-12)13-9-5-2-6-10-13/h1-10H,11H2. The van der Waals surface area contributed by atoms with Crippen molar-refractivity contribution in [3.63, 3.8) is 0 Å². The topological polar surface area (TPSA) is 0 Å². The maximum atomic E-state index is 6.55. The molecule has 1 aliphatic rings. The van der Waals surface area contributed by atoms with Gasteiger partial charge in [0.25, 0.3) is 0 Å². The van der Waals surface area contributed by atoms with Gasteiger partial charge in [0.05, 0.1) is 5.41 Å². The number of hydrogen-bond donors (Lipinski definition) is 0. The molecule has 3 rings (SSSR count). The Bertz CT molecular complexity index is 480. The van der Waals surface area contributed by atoms with Gasteiger partial charge in [-0.05, 0) is 17.5 Å². The third kappa shape index (κ3) is 1.64. The zero-order chi connectivity index (χ0) is 11.9. The van der Waals surface area contributed by atoms with E-state index in [4.69, 9.17) is 11.6 Å². The molecule has 17 heavy (non-hydrogen) atoms. The second-order valence-electron chi connectivity index (χ2n) is 4.52. The normalized spacial score (nSPS) is 25.5. The second-order valence-corrected chi connectivity index (χ2v) is 6.97. The molecule has 1 unspecified atom stereocenters. The van der Waals surface area contributed by atoms with Crippen molar-refractivity contribution in [1.29, 1.82) is 0 Å². The maximum Gasteiger partial charge on any atom is 0.114 e. The van der Waals surface area contributed by atoms with E-state index in [-0.39, 0.29) is 9.20 Å². The van der Waals surface area contributed by atoms with Gasteiger partial charge in [0.1, 0.15) is 3.78 Å². The quantitative estimate of drug-likeness (QED) is 0.705. The van der Waals surface area contributed by atoms with Crippen molar-refractivity contribution in [2.45, 2.75) is 15.6 Å². The largest absolute Gasteiger partial charge is 0.114 e. The maximum absolute atomic E-state index is 6.55. The summed E-state index contributed by atoms with van der Waals surface area (Å²) in [5, 5.41) is 0. The van der Waals surface area contributed by atoms with Crippen molar-refractivity contribution in [3.8, 4) is 0 Å². The summed E-state index contributed by atoms with van der Waals surface area (Å²) < 4.78 is -0.345. The van der Waals surface area contributed by atoms with Crippen LogP contribution in [0.2, 0.25) is 0 Å². The van der Waals surface area contributed by atoms with Crippen LogP contribution in [0.5, 0.6) is 0 Å². The Balaban J connectivity index is 2.15. The van der Waals surface area contributed by atoms with Crippen LogP contribution >= 0.6 is 27.5 Å². The molecule has 0 nitrogen and oxygen atoms in total. The Morgan fingerprint density at radius 3 is 1.47 bits per heavy atom. The van der Waals surface area contributed by atoms with E-state index in [1.807, 2.05) is 12.1 Å². The lowest BCUT2D eigenvalue weighted by Crippen LogP contribution is -2.16. The van der Waals surface area contributed by atoms with Gasteiger partial charge in [0.2, 0.25) is 0 Å². The van der Waals surface area contributed by atoms with E-state index in [0.717, 1.165) is 6.42 Å². The first-order valence-corrected chi connectivity index (χ1v) is 6.83. The highest BCUT2D eigenvalue weighted by molar-refractivity contribution is 9.10. The van der Waals surface area contributed by atoms with Gasteiger partial charge in [-0.3, -0.25) is 0 Å². The molecule has 1 fully saturated rings. The van der Waals surface area contributed by atoms with Crippen LogP contribution in [0.25, 0.3) is 0 Å². The van der Waals surface area contributed by atoms with E-state index >= 15 is 0 Å². The average Bonchev–Trinajstić information content (AvgIpc) is 2.96. The van der Waals surface area contributed by atoms with Gasteiger partial charge in [0, 0.05) is 0 Å². The third-order valence-corrected chi connectivity index (χ3v) is 4.93. The molecule has 1 saturated carbocycles. The molecule has 2 aromatic carbocycles. The molecule has 0 amide bonds. The fourth-order valence-corrected chi connectivity index (χ4v) is 3.82. The lowest BCUT2D eigenvalue weighted by Gasteiger charge is -2.19. The van der Waals surface area contributed by atoms with Gasteiger partial charge < -0.3 is 0 Å². The molecule has 0 spiro atoms. The van der Waals surface area contributed by atoms with Crippen LogP contribution in [0.15, 0.2) is 60.7 Å². The molecule has 2 heteroatoms. The Kier molecular flexibility index (Phi) is 2.57. The van der Waals surface area contributed by atoms with Crippen molar-refractivity contribution in [1.82, 2.24) is 0 Å². The molecule has 2 aromatic rings. The highest BCUT2D eigenvalue weighted by Gasteiger charge is 2.67. The Morgan fingerprint density at radius 2 is 1.18 bits per heavy atom. The molecule has 1 aliphatic carbocycles. The molecule has 0 heterocycles. The van der Waals surface area contributed by atoms with Crippen molar-refractivity contribution in [2.24, 2.45) is 0 Å². The number of hydrogen-bond acceptors (Lipinski definition) is 0. The Morgan fingerprint density at radius 1 is 0.824 bits per heavy atom. The molecule has 0 saturated heterocycles. The first-order chi connectivity index (χ1) is 8.17. The number of alkyl halides is 2. The van der Waals surface area contributed by atoms with Gasteiger partial charge in [-0.15, -0.1) is 11.6 Å². The van der Waals surface area contributed by atoms with Gasteiger partial charge in [-0.25, -0.2) is 0 Å². The van der Waals surface area contributed by atoms with E-state index in [1.165, 1.54) is 11.1 Å². The van der Waals surface area contributed by atoms with E-state index in [1.54, 1.807) is 0 Å². The molecule has 0 radical (unpaired) electrons. The summed E-state index contributed by atoms with van der Waals surface area (Å²) in [5.74, 6) is 0. The molecule has 0 aromatic heterocycles. The van der Waals surface area contributed by atoms with Crippen molar-refractivity contribution in [3.05, 3.63) is 71.8 Å². The van der Waals surface area contributed by atoms with Crippen molar-refractivity contribution >= 4 is 27.5 Å². The molecule has 0 N–H and O–H groups in total. The zero-order valence-corrected chi connectivity index (χ0v) is 11.6. The summed E-state index contributed by atoms with van der Waals surface area (Å²) >= 11 is 10.2. The highest BCUT2D eigenvalue weighted by atomic mass is 79.9. The van der Waals surface area contributed by atoms with E-state index in [2.05, 4.69) is 64.5 Å². The molecule has 0 aliphatic heterocycles. The lowest BCUT2D eigenvalue weighted by atomic mass is 9.88. The Labute approximate surface area is 115 Å². The number of halogens is 2. The van der Waals surface area contributed by atoms with Gasteiger partial charge >= 0.3 is 0 Å². The molecule has 86 valence electrons. The summed E-state index contributed by atoms with van der Waals surface area (Å²) in [6.45, 7) is 0. The monoisotopic (exact) mass is 306 g/mol. The number of rotatable bonds is 2. The highest BCUT2D eigenvalue weighted by Crippen LogP contribution is 2.69. The smallest absolute Gasteiger partial charge is 0.105 e. The minimum atomic E-state index is -0.345. The molecule has 1 atom stereocenters. The minimum absolute atomic E-state index is 0.0862. The molecular formula is C15H12BrCl. The predicted octanol–water partition coefficient (Wildman–Crippen LogP) is 4.71. The van der Waals surface area contributed by atoms with E-state index in [9.17, 15) is 0 Å². The molecular weight excluding hydrogens is 296 g/mol. The minimum Gasteiger partial charge on any atom is -0.105 e. The van der Waals surface area contributed by atoms with Gasteiger partial charge in [-0.1, -0.05) is 76.6 Å². The first kappa shape index (κ1) is 11.3.